The van der Waals surface area contributed by atoms with Crippen LogP contribution in [0, 0.1) is 6.92 Å². The molecular weight excluding hydrogens is 212 g/mol. The topological polar surface area (TPSA) is 35.5 Å². The molecule has 2 unspecified atom stereocenters. The van der Waals surface area contributed by atoms with Crippen LogP contribution in [0.1, 0.15) is 25.0 Å². The quantitative estimate of drug-likeness (QED) is 0.820. The number of nitrogens with zero attached hydrogens (tertiary/aromatic N) is 1. The van der Waals surface area contributed by atoms with Crippen molar-refractivity contribution in [1.82, 2.24) is 10.2 Å². The van der Waals surface area contributed by atoms with Gasteiger partial charge in [0.25, 0.3) is 0 Å². The first-order valence-corrected chi connectivity index (χ1v) is 6.32. The summed E-state index contributed by atoms with van der Waals surface area (Å²) in [6.45, 7) is 9.52. The molecule has 17 heavy (non-hydrogen) atoms. The molecule has 1 aliphatic rings. The SMILES string of the molecule is Cc1cc(O)cc(CN2C(C)CNCC2C)c1. The molecule has 0 aromatic heterocycles. The van der Waals surface area contributed by atoms with E-state index in [1.807, 2.05) is 13.0 Å². The van der Waals surface area contributed by atoms with Crippen molar-refractivity contribution in [1.29, 1.82) is 0 Å². The maximum atomic E-state index is 9.62. The molecule has 0 radical (unpaired) electrons. The molecule has 2 N–H and O–H groups in total. The van der Waals surface area contributed by atoms with Gasteiger partial charge in [-0.05, 0) is 44.0 Å². The van der Waals surface area contributed by atoms with E-state index in [9.17, 15) is 5.11 Å². The molecule has 1 aromatic carbocycles. The van der Waals surface area contributed by atoms with Crippen LogP contribution in [-0.2, 0) is 6.54 Å². The zero-order valence-corrected chi connectivity index (χ0v) is 10.9. The van der Waals surface area contributed by atoms with Gasteiger partial charge in [-0.1, -0.05) is 6.07 Å². The molecular formula is C14H22N2O. The average molecular weight is 234 g/mol. The Labute approximate surface area is 103 Å². The van der Waals surface area contributed by atoms with Gasteiger partial charge in [-0.25, -0.2) is 0 Å². The van der Waals surface area contributed by atoms with Crippen molar-refractivity contribution in [3.05, 3.63) is 29.3 Å². The number of nitrogens with one attached hydrogen (secondary N) is 1. The van der Waals surface area contributed by atoms with E-state index in [0.717, 1.165) is 25.2 Å². The van der Waals surface area contributed by atoms with Gasteiger partial charge in [-0.3, -0.25) is 4.90 Å². The number of hydrogen-bond donors (Lipinski definition) is 2. The smallest absolute Gasteiger partial charge is 0.116 e. The predicted molar refractivity (Wildman–Crippen MR) is 70.2 cm³/mol. The first-order chi connectivity index (χ1) is 8.06. The Kier molecular flexibility index (Phi) is 3.69. The van der Waals surface area contributed by atoms with Gasteiger partial charge in [0.1, 0.15) is 5.75 Å². The standard InChI is InChI=1S/C14H22N2O/c1-10-4-13(6-14(17)5-10)9-16-11(2)7-15-8-12(16)3/h4-6,11-12,15,17H,7-9H2,1-3H3. The first kappa shape index (κ1) is 12.4. The first-order valence-electron chi connectivity index (χ1n) is 6.32. The minimum Gasteiger partial charge on any atom is -0.508 e. The van der Waals surface area contributed by atoms with E-state index in [1.54, 1.807) is 6.07 Å². The van der Waals surface area contributed by atoms with Gasteiger partial charge < -0.3 is 10.4 Å². The fraction of sp³-hybridized carbons (Fsp3) is 0.571. The second kappa shape index (κ2) is 5.07. The molecule has 3 heteroatoms. The molecule has 2 atom stereocenters. The summed E-state index contributed by atoms with van der Waals surface area (Å²) >= 11 is 0. The van der Waals surface area contributed by atoms with Gasteiger partial charge in [0.05, 0.1) is 0 Å². The zero-order chi connectivity index (χ0) is 12.4. The molecule has 1 aliphatic heterocycles. The summed E-state index contributed by atoms with van der Waals surface area (Å²) in [6.07, 6.45) is 0. The molecule has 0 spiro atoms. The van der Waals surface area contributed by atoms with Crippen molar-refractivity contribution in [2.24, 2.45) is 0 Å². The lowest BCUT2D eigenvalue weighted by atomic mass is 10.1. The van der Waals surface area contributed by atoms with Crippen LogP contribution in [0.5, 0.6) is 5.75 Å². The fourth-order valence-corrected chi connectivity index (χ4v) is 2.62. The number of phenols is 1. The molecule has 3 nitrogen and oxygen atoms in total. The van der Waals surface area contributed by atoms with Crippen molar-refractivity contribution in [2.75, 3.05) is 13.1 Å². The summed E-state index contributed by atoms with van der Waals surface area (Å²) in [5, 5.41) is 13.1. The number of aromatic hydroxyl groups is 1. The van der Waals surface area contributed by atoms with Gasteiger partial charge in [-0.15, -0.1) is 0 Å². The van der Waals surface area contributed by atoms with Crippen LogP contribution < -0.4 is 5.32 Å². The highest BCUT2D eigenvalue weighted by atomic mass is 16.3. The summed E-state index contributed by atoms with van der Waals surface area (Å²) in [4.78, 5) is 2.49. The molecule has 0 bridgehead atoms. The Morgan fingerprint density at radius 3 is 2.47 bits per heavy atom. The third-order valence-corrected chi connectivity index (χ3v) is 3.50. The van der Waals surface area contributed by atoms with E-state index < -0.39 is 0 Å². The highest BCUT2D eigenvalue weighted by Gasteiger charge is 2.24. The molecule has 0 aliphatic carbocycles. The van der Waals surface area contributed by atoms with E-state index in [0.29, 0.717) is 17.8 Å². The Morgan fingerprint density at radius 2 is 1.88 bits per heavy atom. The van der Waals surface area contributed by atoms with E-state index >= 15 is 0 Å². The number of hydrogen-bond acceptors (Lipinski definition) is 3. The molecule has 0 saturated carbocycles. The zero-order valence-electron chi connectivity index (χ0n) is 10.9. The lowest BCUT2D eigenvalue weighted by Gasteiger charge is -2.39. The monoisotopic (exact) mass is 234 g/mol. The summed E-state index contributed by atoms with van der Waals surface area (Å²) in [7, 11) is 0. The lowest BCUT2D eigenvalue weighted by Crippen LogP contribution is -2.54. The van der Waals surface area contributed by atoms with Crippen LogP contribution in [0.25, 0.3) is 0 Å². The normalized spacial score (nSPS) is 26.1. The van der Waals surface area contributed by atoms with E-state index in [4.69, 9.17) is 0 Å². The van der Waals surface area contributed by atoms with Crippen LogP contribution in [0.3, 0.4) is 0 Å². The fourth-order valence-electron chi connectivity index (χ4n) is 2.62. The van der Waals surface area contributed by atoms with Gasteiger partial charge in [-0.2, -0.15) is 0 Å². The molecule has 2 rings (SSSR count). The Morgan fingerprint density at radius 1 is 1.24 bits per heavy atom. The summed E-state index contributed by atoms with van der Waals surface area (Å²) < 4.78 is 0. The van der Waals surface area contributed by atoms with Gasteiger partial charge in [0, 0.05) is 31.7 Å². The minimum absolute atomic E-state index is 0.371. The van der Waals surface area contributed by atoms with Crippen LogP contribution in [0.4, 0.5) is 0 Å². The van der Waals surface area contributed by atoms with Crippen molar-refractivity contribution in [3.8, 4) is 5.75 Å². The molecule has 1 fully saturated rings. The van der Waals surface area contributed by atoms with Crippen molar-refractivity contribution >= 4 is 0 Å². The second-order valence-corrected chi connectivity index (χ2v) is 5.21. The predicted octanol–water partition coefficient (Wildman–Crippen LogP) is 1.88. The molecule has 1 aromatic rings. The maximum Gasteiger partial charge on any atom is 0.116 e. The van der Waals surface area contributed by atoms with Crippen LogP contribution in [-0.4, -0.2) is 35.2 Å². The maximum absolute atomic E-state index is 9.62. The Bertz CT molecular complexity index is 362. The third-order valence-electron chi connectivity index (χ3n) is 3.50. The Hall–Kier alpha value is -1.06. The number of phenolic OH excluding ortho intramolecular Hbond substituents is 1. The van der Waals surface area contributed by atoms with Crippen LogP contribution in [0.2, 0.25) is 0 Å². The molecule has 1 heterocycles. The van der Waals surface area contributed by atoms with Gasteiger partial charge >= 0.3 is 0 Å². The van der Waals surface area contributed by atoms with Crippen molar-refractivity contribution in [3.63, 3.8) is 0 Å². The van der Waals surface area contributed by atoms with Gasteiger partial charge in [0.2, 0.25) is 0 Å². The second-order valence-electron chi connectivity index (χ2n) is 5.21. The summed E-state index contributed by atoms with van der Waals surface area (Å²) in [5.74, 6) is 0.371. The van der Waals surface area contributed by atoms with E-state index in [2.05, 4.69) is 30.1 Å². The highest BCUT2D eigenvalue weighted by Crippen LogP contribution is 2.19. The third kappa shape index (κ3) is 2.99. The summed E-state index contributed by atoms with van der Waals surface area (Å²) in [5.41, 5.74) is 2.32. The van der Waals surface area contributed by atoms with Crippen LogP contribution >= 0.6 is 0 Å². The molecule has 94 valence electrons. The average Bonchev–Trinajstić information content (AvgIpc) is 2.22. The Balaban J connectivity index is 2.13. The highest BCUT2D eigenvalue weighted by molar-refractivity contribution is 5.32. The van der Waals surface area contributed by atoms with Gasteiger partial charge in [0.15, 0.2) is 0 Å². The lowest BCUT2D eigenvalue weighted by molar-refractivity contribution is 0.108. The van der Waals surface area contributed by atoms with E-state index in [-0.39, 0.29) is 0 Å². The largest absolute Gasteiger partial charge is 0.508 e. The molecule has 0 amide bonds. The number of benzene rings is 1. The van der Waals surface area contributed by atoms with Crippen molar-refractivity contribution < 1.29 is 5.11 Å². The summed E-state index contributed by atoms with van der Waals surface area (Å²) in [6, 6.07) is 6.91. The van der Waals surface area contributed by atoms with Crippen molar-refractivity contribution in [2.45, 2.75) is 39.4 Å². The number of piperazine rings is 1. The minimum atomic E-state index is 0.371. The number of rotatable bonds is 2. The van der Waals surface area contributed by atoms with E-state index in [1.165, 1.54) is 5.56 Å². The van der Waals surface area contributed by atoms with Crippen LogP contribution in [0.15, 0.2) is 18.2 Å². The number of aryl methyl sites for hydroxylation is 1. The molecule has 1 saturated heterocycles.